The van der Waals surface area contributed by atoms with E-state index in [1.54, 1.807) is 0 Å². The number of furan rings is 1. The molecular formula is C18H19NO2. The lowest BCUT2D eigenvalue weighted by Gasteiger charge is -2.04. The highest BCUT2D eigenvalue weighted by atomic mass is 16.3. The Labute approximate surface area is 124 Å². The topological polar surface area (TPSA) is 45.4 Å². The van der Waals surface area contributed by atoms with E-state index in [2.05, 4.69) is 29.6 Å². The highest BCUT2D eigenvalue weighted by molar-refractivity contribution is 5.77. The van der Waals surface area contributed by atoms with Crippen LogP contribution in [0.4, 0.5) is 0 Å². The molecule has 0 saturated heterocycles. The lowest BCUT2D eigenvalue weighted by molar-refractivity contribution is 0.282. The summed E-state index contributed by atoms with van der Waals surface area (Å²) in [5, 5.41) is 13.5. The van der Waals surface area contributed by atoms with Crippen LogP contribution in [0.1, 0.15) is 16.9 Å². The van der Waals surface area contributed by atoms with Gasteiger partial charge in [0.05, 0.1) is 13.2 Å². The molecule has 0 saturated carbocycles. The second-order valence-corrected chi connectivity index (χ2v) is 5.15. The standard InChI is InChI=1S/C18H19NO2/c20-13-15-7-5-14(6-8-15)9-10-19-12-17-11-16-3-1-2-4-18(16)21-17/h1-8,11,19-20H,9-10,12-13H2. The Balaban J connectivity index is 1.49. The zero-order valence-corrected chi connectivity index (χ0v) is 11.9. The molecule has 1 heterocycles. The highest BCUT2D eigenvalue weighted by Gasteiger charge is 2.02. The number of benzene rings is 2. The van der Waals surface area contributed by atoms with E-state index in [4.69, 9.17) is 9.52 Å². The molecule has 0 fully saturated rings. The van der Waals surface area contributed by atoms with Crippen LogP contribution in [-0.4, -0.2) is 11.7 Å². The van der Waals surface area contributed by atoms with Crippen LogP contribution in [0.3, 0.4) is 0 Å². The Kier molecular flexibility index (Phi) is 4.34. The van der Waals surface area contributed by atoms with Gasteiger partial charge in [-0.3, -0.25) is 0 Å². The average Bonchev–Trinajstić information content (AvgIpc) is 2.95. The molecule has 0 unspecified atom stereocenters. The van der Waals surface area contributed by atoms with Gasteiger partial charge < -0.3 is 14.8 Å². The molecule has 0 aliphatic heterocycles. The van der Waals surface area contributed by atoms with Crippen molar-refractivity contribution in [3.05, 3.63) is 71.5 Å². The van der Waals surface area contributed by atoms with Gasteiger partial charge in [-0.15, -0.1) is 0 Å². The Morgan fingerprint density at radius 3 is 2.48 bits per heavy atom. The predicted molar refractivity (Wildman–Crippen MR) is 84.0 cm³/mol. The number of nitrogens with one attached hydrogen (secondary N) is 1. The van der Waals surface area contributed by atoms with Gasteiger partial charge in [-0.2, -0.15) is 0 Å². The summed E-state index contributed by atoms with van der Waals surface area (Å²) in [5.41, 5.74) is 3.16. The molecule has 0 spiro atoms. The van der Waals surface area contributed by atoms with E-state index in [1.807, 2.05) is 30.3 Å². The Hall–Kier alpha value is -2.10. The number of aliphatic hydroxyl groups is 1. The lowest BCUT2D eigenvalue weighted by Crippen LogP contribution is -2.16. The van der Waals surface area contributed by atoms with Crippen molar-refractivity contribution in [3.63, 3.8) is 0 Å². The summed E-state index contributed by atoms with van der Waals surface area (Å²) in [4.78, 5) is 0. The maximum Gasteiger partial charge on any atom is 0.134 e. The largest absolute Gasteiger partial charge is 0.460 e. The Bertz CT molecular complexity index is 668. The minimum absolute atomic E-state index is 0.102. The molecule has 0 atom stereocenters. The smallest absolute Gasteiger partial charge is 0.134 e. The lowest BCUT2D eigenvalue weighted by atomic mass is 10.1. The van der Waals surface area contributed by atoms with E-state index in [1.165, 1.54) is 5.56 Å². The minimum atomic E-state index is 0.102. The first-order valence-corrected chi connectivity index (χ1v) is 7.22. The molecule has 21 heavy (non-hydrogen) atoms. The van der Waals surface area contributed by atoms with Gasteiger partial charge in [0.2, 0.25) is 0 Å². The molecule has 3 rings (SSSR count). The van der Waals surface area contributed by atoms with Crippen LogP contribution in [-0.2, 0) is 19.6 Å². The molecule has 108 valence electrons. The fraction of sp³-hybridized carbons (Fsp3) is 0.222. The summed E-state index contributed by atoms with van der Waals surface area (Å²) < 4.78 is 5.76. The third kappa shape index (κ3) is 3.51. The molecule has 3 heteroatoms. The van der Waals surface area contributed by atoms with Gasteiger partial charge in [-0.1, -0.05) is 42.5 Å². The molecule has 3 nitrogen and oxygen atoms in total. The van der Waals surface area contributed by atoms with Crippen molar-refractivity contribution in [2.45, 2.75) is 19.6 Å². The quantitative estimate of drug-likeness (QED) is 0.682. The van der Waals surface area contributed by atoms with E-state index in [0.29, 0.717) is 0 Å². The van der Waals surface area contributed by atoms with Crippen LogP contribution in [0.15, 0.2) is 59.0 Å². The van der Waals surface area contributed by atoms with Crippen molar-refractivity contribution in [2.24, 2.45) is 0 Å². The molecule has 0 aliphatic rings. The van der Waals surface area contributed by atoms with Crippen LogP contribution in [0.2, 0.25) is 0 Å². The number of aliphatic hydroxyl groups excluding tert-OH is 1. The Morgan fingerprint density at radius 2 is 1.71 bits per heavy atom. The van der Waals surface area contributed by atoms with E-state index in [-0.39, 0.29) is 6.61 Å². The highest BCUT2D eigenvalue weighted by Crippen LogP contribution is 2.18. The maximum absolute atomic E-state index is 9.01. The summed E-state index contributed by atoms with van der Waals surface area (Å²) in [7, 11) is 0. The average molecular weight is 281 g/mol. The molecule has 0 radical (unpaired) electrons. The molecule has 2 aromatic carbocycles. The molecule has 0 bridgehead atoms. The second kappa shape index (κ2) is 6.57. The summed E-state index contributed by atoms with van der Waals surface area (Å²) >= 11 is 0. The third-order valence-corrected chi connectivity index (χ3v) is 3.57. The van der Waals surface area contributed by atoms with Gasteiger partial charge in [0.1, 0.15) is 11.3 Å². The third-order valence-electron chi connectivity index (χ3n) is 3.57. The van der Waals surface area contributed by atoms with Crippen molar-refractivity contribution in [1.29, 1.82) is 0 Å². The molecule has 0 amide bonds. The zero-order chi connectivity index (χ0) is 14.5. The SMILES string of the molecule is OCc1ccc(CCNCc2cc3ccccc3o2)cc1. The van der Waals surface area contributed by atoms with Gasteiger partial charge >= 0.3 is 0 Å². The van der Waals surface area contributed by atoms with Crippen molar-refractivity contribution in [2.75, 3.05) is 6.54 Å². The number of hydrogen-bond acceptors (Lipinski definition) is 3. The minimum Gasteiger partial charge on any atom is -0.460 e. The zero-order valence-electron chi connectivity index (χ0n) is 11.9. The van der Waals surface area contributed by atoms with E-state index >= 15 is 0 Å². The fourth-order valence-electron chi connectivity index (χ4n) is 2.38. The first-order valence-electron chi connectivity index (χ1n) is 7.22. The molecule has 3 aromatic rings. The fourth-order valence-corrected chi connectivity index (χ4v) is 2.38. The van der Waals surface area contributed by atoms with E-state index < -0.39 is 0 Å². The summed E-state index contributed by atoms with van der Waals surface area (Å²) in [5.74, 6) is 0.965. The summed E-state index contributed by atoms with van der Waals surface area (Å²) in [6.45, 7) is 1.74. The van der Waals surface area contributed by atoms with Crippen molar-refractivity contribution < 1.29 is 9.52 Å². The van der Waals surface area contributed by atoms with Crippen LogP contribution in [0.5, 0.6) is 0 Å². The van der Waals surface area contributed by atoms with Crippen molar-refractivity contribution in [1.82, 2.24) is 5.32 Å². The van der Waals surface area contributed by atoms with Crippen LogP contribution in [0.25, 0.3) is 11.0 Å². The van der Waals surface area contributed by atoms with E-state index in [0.717, 1.165) is 41.8 Å². The maximum atomic E-state index is 9.01. The van der Waals surface area contributed by atoms with Crippen molar-refractivity contribution in [3.8, 4) is 0 Å². The van der Waals surface area contributed by atoms with Crippen LogP contribution >= 0.6 is 0 Å². The molecular weight excluding hydrogens is 262 g/mol. The van der Waals surface area contributed by atoms with Crippen LogP contribution in [0, 0.1) is 0 Å². The normalized spacial score (nSPS) is 11.1. The number of fused-ring (bicyclic) bond motifs is 1. The second-order valence-electron chi connectivity index (χ2n) is 5.15. The monoisotopic (exact) mass is 281 g/mol. The van der Waals surface area contributed by atoms with E-state index in [9.17, 15) is 0 Å². The van der Waals surface area contributed by atoms with Gasteiger partial charge in [0.25, 0.3) is 0 Å². The number of hydrogen-bond donors (Lipinski definition) is 2. The van der Waals surface area contributed by atoms with Gasteiger partial charge in [-0.05, 0) is 36.2 Å². The first-order chi connectivity index (χ1) is 10.3. The predicted octanol–water partition coefficient (Wildman–Crippen LogP) is 3.26. The number of rotatable bonds is 6. The Morgan fingerprint density at radius 1 is 0.952 bits per heavy atom. The molecule has 2 N–H and O–H groups in total. The van der Waals surface area contributed by atoms with Gasteiger partial charge in [0, 0.05) is 5.39 Å². The first kappa shape index (κ1) is 13.9. The molecule has 1 aromatic heterocycles. The summed E-state index contributed by atoms with van der Waals surface area (Å²) in [6.07, 6.45) is 0.964. The summed E-state index contributed by atoms with van der Waals surface area (Å²) in [6, 6.07) is 18.2. The van der Waals surface area contributed by atoms with Gasteiger partial charge in [-0.25, -0.2) is 0 Å². The van der Waals surface area contributed by atoms with Crippen molar-refractivity contribution >= 4 is 11.0 Å². The number of para-hydroxylation sites is 1. The molecule has 0 aliphatic carbocycles. The van der Waals surface area contributed by atoms with Gasteiger partial charge in [0.15, 0.2) is 0 Å². The van der Waals surface area contributed by atoms with Crippen LogP contribution < -0.4 is 5.32 Å².